The van der Waals surface area contributed by atoms with E-state index in [4.69, 9.17) is 23.7 Å². The summed E-state index contributed by atoms with van der Waals surface area (Å²) in [6.07, 6.45) is 0.882. The Hall–Kier alpha value is -6.00. The van der Waals surface area contributed by atoms with E-state index >= 15 is 0 Å². The van der Waals surface area contributed by atoms with Crippen LogP contribution in [0.15, 0.2) is 115 Å². The van der Waals surface area contributed by atoms with E-state index in [2.05, 4.69) is 6.92 Å². The standard InChI is InChI=1S/C39H31FO9/c1-24(26-4-15-32(16-5-26)48-37(42)27-6-13-30(14-7-27)45-22-34-23-46-34)20-25-2-11-31(12-3-25)47-38(43)28-8-17-33(18-9-28)49-39(44)35-19-10-29(41)21-36(35)40/h2-19,21,24,34,41H,20,22-23H2,1H3. The van der Waals surface area contributed by atoms with Crippen molar-refractivity contribution in [3.63, 3.8) is 0 Å². The fraction of sp³-hybridized carbons (Fsp3) is 0.154. The van der Waals surface area contributed by atoms with Crippen LogP contribution >= 0.6 is 0 Å². The molecule has 1 aliphatic rings. The van der Waals surface area contributed by atoms with Crippen LogP contribution in [0.25, 0.3) is 0 Å². The van der Waals surface area contributed by atoms with Crippen LogP contribution in [-0.2, 0) is 11.2 Å². The summed E-state index contributed by atoms with van der Waals surface area (Å²) in [4.78, 5) is 37.5. The lowest BCUT2D eigenvalue weighted by atomic mass is 9.94. The van der Waals surface area contributed by atoms with E-state index in [9.17, 15) is 23.9 Å². The summed E-state index contributed by atoms with van der Waals surface area (Å²) in [7, 11) is 0. The second-order valence-corrected chi connectivity index (χ2v) is 11.5. The average Bonchev–Trinajstić information content (AvgIpc) is 3.94. The molecule has 0 amide bonds. The molecule has 1 N–H and O–H groups in total. The second-order valence-electron chi connectivity index (χ2n) is 11.5. The number of ether oxygens (including phenoxy) is 5. The van der Waals surface area contributed by atoms with E-state index in [0.717, 1.165) is 36.3 Å². The molecule has 10 heteroatoms. The third-order valence-corrected chi connectivity index (χ3v) is 7.74. The van der Waals surface area contributed by atoms with Crippen LogP contribution in [0.4, 0.5) is 4.39 Å². The molecule has 2 atom stereocenters. The van der Waals surface area contributed by atoms with E-state index in [1.54, 1.807) is 48.5 Å². The van der Waals surface area contributed by atoms with Gasteiger partial charge in [-0.25, -0.2) is 18.8 Å². The monoisotopic (exact) mass is 662 g/mol. The summed E-state index contributed by atoms with van der Waals surface area (Å²) < 4.78 is 40.9. The van der Waals surface area contributed by atoms with Gasteiger partial charge in [0.15, 0.2) is 0 Å². The molecule has 1 heterocycles. The van der Waals surface area contributed by atoms with Crippen molar-refractivity contribution < 1.29 is 47.6 Å². The molecule has 2 unspecified atom stereocenters. The molecule has 0 saturated carbocycles. The first-order chi connectivity index (χ1) is 23.7. The molecule has 5 aromatic carbocycles. The van der Waals surface area contributed by atoms with Crippen molar-refractivity contribution in [3.8, 4) is 28.7 Å². The van der Waals surface area contributed by atoms with Crippen LogP contribution in [0.2, 0.25) is 0 Å². The van der Waals surface area contributed by atoms with Gasteiger partial charge in [-0.2, -0.15) is 0 Å². The van der Waals surface area contributed by atoms with Gasteiger partial charge in [-0.3, -0.25) is 0 Å². The highest BCUT2D eigenvalue weighted by molar-refractivity contribution is 5.93. The Morgan fingerprint density at radius 2 is 1.20 bits per heavy atom. The third kappa shape index (κ3) is 8.88. The minimum absolute atomic E-state index is 0.107. The van der Waals surface area contributed by atoms with Crippen LogP contribution in [0.3, 0.4) is 0 Å². The quantitative estimate of drug-likeness (QED) is 0.0833. The first-order valence-electron chi connectivity index (χ1n) is 15.5. The van der Waals surface area contributed by atoms with Gasteiger partial charge in [0.05, 0.1) is 23.3 Å². The Bertz CT molecular complexity index is 1930. The Morgan fingerprint density at radius 3 is 1.73 bits per heavy atom. The predicted molar refractivity (Wildman–Crippen MR) is 176 cm³/mol. The number of phenols is 1. The number of epoxide rings is 1. The number of hydrogen-bond acceptors (Lipinski definition) is 9. The Labute approximate surface area is 281 Å². The summed E-state index contributed by atoms with van der Waals surface area (Å²) in [5.41, 5.74) is 2.42. The smallest absolute Gasteiger partial charge is 0.346 e. The number of hydrogen-bond donors (Lipinski definition) is 1. The molecular formula is C39H31FO9. The van der Waals surface area contributed by atoms with E-state index in [0.29, 0.717) is 29.4 Å². The van der Waals surface area contributed by atoms with Gasteiger partial charge in [0.1, 0.15) is 47.3 Å². The number of esters is 3. The van der Waals surface area contributed by atoms with Crippen molar-refractivity contribution in [2.75, 3.05) is 13.2 Å². The van der Waals surface area contributed by atoms with E-state index in [1.165, 1.54) is 30.3 Å². The largest absolute Gasteiger partial charge is 0.508 e. The zero-order valence-corrected chi connectivity index (χ0v) is 26.3. The normalized spacial score (nSPS) is 14.0. The van der Waals surface area contributed by atoms with Crippen LogP contribution in [0, 0.1) is 5.82 Å². The molecule has 9 nitrogen and oxygen atoms in total. The molecule has 1 saturated heterocycles. The number of phenolic OH excluding ortho intramolecular Hbond substituents is 1. The number of benzene rings is 5. The number of aromatic hydroxyl groups is 1. The van der Waals surface area contributed by atoms with Gasteiger partial charge in [0, 0.05) is 6.07 Å². The van der Waals surface area contributed by atoms with Gasteiger partial charge in [0.25, 0.3) is 0 Å². The van der Waals surface area contributed by atoms with Crippen molar-refractivity contribution in [3.05, 3.63) is 149 Å². The molecule has 1 fully saturated rings. The Balaban J connectivity index is 0.966. The molecule has 0 radical (unpaired) electrons. The second kappa shape index (κ2) is 14.8. The average molecular weight is 663 g/mol. The van der Waals surface area contributed by atoms with E-state index < -0.39 is 23.7 Å². The van der Waals surface area contributed by atoms with Gasteiger partial charge in [-0.15, -0.1) is 0 Å². The molecule has 5 aromatic rings. The molecule has 6 rings (SSSR count). The molecule has 0 aromatic heterocycles. The predicted octanol–water partition coefficient (Wildman–Crippen LogP) is 7.31. The first kappa shape index (κ1) is 32.9. The molecule has 0 aliphatic carbocycles. The number of carbonyl (C=O) groups is 3. The first-order valence-corrected chi connectivity index (χ1v) is 15.5. The molecule has 0 spiro atoms. The van der Waals surface area contributed by atoms with Crippen LogP contribution < -0.4 is 18.9 Å². The third-order valence-electron chi connectivity index (χ3n) is 7.74. The number of rotatable bonds is 12. The lowest BCUT2D eigenvalue weighted by Gasteiger charge is -2.13. The molecule has 0 bridgehead atoms. The van der Waals surface area contributed by atoms with Gasteiger partial charge in [-0.1, -0.05) is 31.2 Å². The van der Waals surface area contributed by atoms with Crippen molar-refractivity contribution in [1.29, 1.82) is 0 Å². The van der Waals surface area contributed by atoms with Crippen molar-refractivity contribution in [2.45, 2.75) is 25.4 Å². The topological polar surface area (TPSA) is 121 Å². The maximum absolute atomic E-state index is 13.9. The van der Waals surface area contributed by atoms with E-state index in [-0.39, 0.29) is 34.6 Å². The highest BCUT2D eigenvalue weighted by Crippen LogP contribution is 2.26. The zero-order chi connectivity index (χ0) is 34.3. The molecular weight excluding hydrogens is 631 g/mol. The molecule has 1 aliphatic heterocycles. The summed E-state index contributed by atoms with van der Waals surface area (Å²) in [6.45, 7) is 3.30. The zero-order valence-electron chi connectivity index (χ0n) is 26.3. The van der Waals surface area contributed by atoms with Crippen molar-refractivity contribution in [1.82, 2.24) is 0 Å². The van der Waals surface area contributed by atoms with Gasteiger partial charge >= 0.3 is 17.9 Å². The summed E-state index contributed by atoms with van der Waals surface area (Å²) in [6, 6.07) is 30.2. The lowest BCUT2D eigenvalue weighted by molar-refractivity contribution is 0.0721. The van der Waals surface area contributed by atoms with E-state index in [1.807, 2.05) is 24.3 Å². The number of carbonyl (C=O) groups excluding carboxylic acids is 3. The van der Waals surface area contributed by atoms with Crippen molar-refractivity contribution >= 4 is 17.9 Å². The maximum Gasteiger partial charge on any atom is 0.346 e. The molecule has 248 valence electrons. The summed E-state index contributed by atoms with van der Waals surface area (Å²) in [5, 5.41) is 9.31. The lowest BCUT2D eigenvalue weighted by Crippen LogP contribution is -2.11. The summed E-state index contributed by atoms with van der Waals surface area (Å²) >= 11 is 0. The summed E-state index contributed by atoms with van der Waals surface area (Å²) in [5.74, 6) is -1.49. The fourth-order valence-corrected chi connectivity index (χ4v) is 4.89. The van der Waals surface area contributed by atoms with Gasteiger partial charge < -0.3 is 28.8 Å². The van der Waals surface area contributed by atoms with Crippen LogP contribution in [-0.4, -0.2) is 42.3 Å². The van der Waals surface area contributed by atoms with Crippen LogP contribution in [0.5, 0.6) is 28.7 Å². The minimum atomic E-state index is -0.940. The van der Waals surface area contributed by atoms with Gasteiger partial charge in [0.2, 0.25) is 0 Å². The minimum Gasteiger partial charge on any atom is -0.508 e. The SMILES string of the molecule is CC(Cc1ccc(OC(=O)c2ccc(OC(=O)c3ccc(O)cc3F)cc2)cc1)c1ccc(OC(=O)c2ccc(OCC3CO3)cc2)cc1. The number of halogens is 1. The highest BCUT2D eigenvalue weighted by atomic mass is 19.1. The molecule has 49 heavy (non-hydrogen) atoms. The van der Waals surface area contributed by atoms with Gasteiger partial charge in [-0.05, 0) is 108 Å². The fourth-order valence-electron chi connectivity index (χ4n) is 4.89. The Morgan fingerprint density at radius 1 is 0.714 bits per heavy atom. The maximum atomic E-state index is 13.9. The van der Waals surface area contributed by atoms with Crippen molar-refractivity contribution in [2.24, 2.45) is 0 Å². The Kier molecular flexibility index (Phi) is 9.96. The highest BCUT2D eigenvalue weighted by Gasteiger charge is 2.23. The van der Waals surface area contributed by atoms with Crippen LogP contribution in [0.1, 0.15) is 55.0 Å².